The van der Waals surface area contributed by atoms with Crippen LogP contribution in [-0.2, 0) is 40.8 Å². The molecule has 0 spiro atoms. The fourth-order valence-electron chi connectivity index (χ4n) is 8.13. The molecule has 0 bridgehead atoms. The van der Waals surface area contributed by atoms with Crippen LogP contribution in [0.2, 0.25) is 0 Å². The molecule has 11 heteroatoms. The van der Waals surface area contributed by atoms with Gasteiger partial charge in [0.25, 0.3) is 0 Å². The van der Waals surface area contributed by atoms with Crippen molar-refractivity contribution in [2.75, 3.05) is 31.5 Å². The lowest BCUT2D eigenvalue weighted by Gasteiger charge is -2.37. The molecule has 1 atom stereocenters. The van der Waals surface area contributed by atoms with E-state index in [0.29, 0.717) is 17.0 Å². The SMILES string of the molecule is CCOP(=O)(COC(COC(c1ccccc1)(c1ccccc1)c1ccccc1)Cn1cnc2c(NC(c3ccccc3)(c3ccccc3)c3ccccc3)ncnc21)OCC. The Balaban J connectivity index is 1.20. The fraction of sp³-hybridized carbons (Fsp3) is 0.196. The van der Waals surface area contributed by atoms with Gasteiger partial charge in [-0.2, -0.15) is 0 Å². The maximum Gasteiger partial charge on any atom is 0.356 e. The van der Waals surface area contributed by atoms with E-state index < -0.39 is 24.8 Å². The van der Waals surface area contributed by atoms with E-state index in [4.69, 9.17) is 33.5 Å². The maximum atomic E-state index is 13.9. The normalized spacial score (nSPS) is 12.6. The summed E-state index contributed by atoms with van der Waals surface area (Å²) >= 11 is 0. The number of anilines is 1. The molecule has 2 heterocycles. The third-order valence-corrected chi connectivity index (χ3v) is 12.6. The molecule has 0 fully saturated rings. The van der Waals surface area contributed by atoms with Crippen molar-refractivity contribution >= 4 is 24.6 Å². The van der Waals surface area contributed by atoms with E-state index in [9.17, 15) is 4.57 Å². The van der Waals surface area contributed by atoms with Crippen LogP contribution >= 0.6 is 7.60 Å². The van der Waals surface area contributed by atoms with Crippen LogP contribution in [0.15, 0.2) is 195 Å². The van der Waals surface area contributed by atoms with Gasteiger partial charge in [0.1, 0.15) is 29.3 Å². The Bertz CT molecular complexity index is 2450. The van der Waals surface area contributed by atoms with Crippen LogP contribution < -0.4 is 5.32 Å². The highest BCUT2D eigenvalue weighted by molar-refractivity contribution is 7.53. The zero-order chi connectivity index (χ0) is 42.7. The number of aromatic nitrogens is 4. The Labute approximate surface area is 363 Å². The highest BCUT2D eigenvalue weighted by atomic mass is 31.2. The van der Waals surface area contributed by atoms with Crippen LogP contribution in [0.3, 0.4) is 0 Å². The maximum absolute atomic E-state index is 13.9. The summed E-state index contributed by atoms with van der Waals surface area (Å²) in [4.78, 5) is 14.5. The Morgan fingerprint density at radius 3 is 1.42 bits per heavy atom. The second kappa shape index (κ2) is 19.6. The van der Waals surface area contributed by atoms with Gasteiger partial charge in [0, 0.05) is 0 Å². The lowest BCUT2D eigenvalue weighted by Crippen LogP contribution is -2.38. The first-order valence-electron chi connectivity index (χ1n) is 20.9. The molecule has 0 aliphatic heterocycles. The molecule has 6 aromatic carbocycles. The predicted molar refractivity (Wildman–Crippen MR) is 244 cm³/mol. The van der Waals surface area contributed by atoms with Crippen LogP contribution in [0.4, 0.5) is 5.82 Å². The molecular formula is C51H50N5O5P. The van der Waals surface area contributed by atoms with Gasteiger partial charge in [0.05, 0.1) is 38.8 Å². The van der Waals surface area contributed by atoms with Crippen LogP contribution in [0, 0.1) is 0 Å². The number of fused-ring (bicyclic) bond motifs is 1. The summed E-state index contributed by atoms with van der Waals surface area (Å²) in [6, 6.07) is 61.5. The van der Waals surface area contributed by atoms with Gasteiger partial charge in [-0.1, -0.05) is 182 Å². The Hall–Kier alpha value is -6.26. The summed E-state index contributed by atoms with van der Waals surface area (Å²) in [5.74, 6) is 0.549. The molecule has 0 amide bonds. The molecule has 10 nitrogen and oxygen atoms in total. The molecule has 0 saturated heterocycles. The van der Waals surface area contributed by atoms with Crippen molar-refractivity contribution in [3.63, 3.8) is 0 Å². The van der Waals surface area contributed by atoms with Gasteiger partial charge in [-0.25, -0.2) is 15.0 Å². The minimum atomic E-state index is -3.61. The third-order valence-electron chi connectivity index (χ3n) is 10.9. The number of nitrogens with one attached hydrogen (secondary N) is 1. The highest BCUT2D eigenvalue weighted by Crippen LogP contribution is 2.48. The summed E-state index contributed by atoms with van der Waals surface area (Å²) in [6.45, 7) is 4.29. The monoisotopic (exact) mass is 843 g/mol. The van der Waals surface area contributed by atoms with E-state index >= 15 is 0 Å². The molecule has 1 unspecified atom stereocenters. The standard InChI is InChI=1S/C51H50N5O5P/c1-3-60-62(57,61-4-2)39-58-46(36-59-51(43-29-17-8-18-30-43,44-31-19-9-20-32-44)45-33-21-10-22-34-45)35-56-38-54-47-48(52-37-53-49(47)56)55-50(40-23-11-5-12-24-40,41-25-13-6-14-26-41)42-27-15-7-16-28-42/h5-34,37-38,46H,3-4,35-36,39H2,1-2H3,(H,52,53,55). The molecule has 0 radical (unpaired) electrons. The van der Waals surface area contributed by atoms with Crippen LogP contribution in [-0.4, -0.2) is 51.8 Å². The first-order chi connectivity index (χ1) is 30.5. The van der Waals surface area contributed by atoms with Crippen molar-refractivity contribution in [2.45, 2.75) is 37.6 Å². The molecule has 1 N–H and O–H groups in total. The molecule has 314 valence electrons. The number of ether oxygens (including phenoxy) is 2. The van der Waals surface area contributed by atoms with Crippen LogP contribution in [0.25, 0.3) is 11.2 Å². The quantitative estimate of drug-likeness (QED) is 0.0592. The predicted octanol–water partition coefficient (Wildman–Crippen LogP) is 10.8. The van der Waals surface area contributed by atoms with Gasteiger partial charge >= 0.3 is 7.60 Å². The van der Waals surface area contributed by atoms with Gasteiger partial charge in [-0.05, 0) is 47.2 Å². The number of nitrogens with zero attached hydrogens (tertiary/aromatic N) is 4. The summed E-state index contributed by atoms with van der Waals surface area (Å²) in [7, 11) is -3.61. The highest BCUT2D eigenvalue weighted by Gasteiger charge is 2.40. The summed E-state index contributed by atoms with van der Waals surface area (Å²) in [6.07, 6.45) is 2.32. The topological polar surface area (TPSA) is 110 Å². The molecule has 0 saturated carbocycles. The molecule has 62 heavy (non-hydrogen) atoms. The fourth-order valence-corrected chi connectivity index (χ4v) is 9.53. The molecule has 2 aromatic heterocycles. The number of hydrogen-bond donors (Lipinski definition) is 1. The molecule has 8 aromatic rings. The summed E-state index contributed by atoms with van der Waals surface area (Å²) in [5, 5.41) is 3.87. The van der Waals surface area contributed by atoms with Crippen molar-refractivity contribution in [1.82, 2.24) is 19.5 Å². The minimum Gasteiger partial charge on any atom is -0.361 e. The van der Waals surface area contributed by atoms with Crippen molar-refractivity contribution in [2.24, 2.45) is 0 Å². The molecular weight excluding hydrogens is 794 g/mol. The second-order valence-electron chi connectivity index (χ2n) is 14.7. The van der Waals surface area contributed by atoms with Crippen LogP contribution in [0.5, 0.6) is 0 Å². The van der Waals surface area contributed by atoms with E-state index in [1.165, 1.54) is 0 Å². The third kappa shape index (κ3) is 8.88. The van der Waals surface area contributed by atoms with Gasteiger partial charge in [-0.15, -0.1) is 0 Å². The number of hydrogen-bond acceptors (Lipinski definition) is 9. The van der Waals surface area contributed by atoms with Crippen molar-refractivity contribution in [3.05, 3.63) is 228 Å². The molecule has 0 aliphatic carbocycles. The lowest BCUT2D eigenvalue weighted by atomic mass is 9.77. The summed E-state index contributed by atoms with van der Waals surface area (Å²) < 4.78 is 41.0. The minimum absolute atomic E-state index is 0.0753. The lowest BCUT2D eigenvalue weighted by molar-refractivity contribution is -0.0633. The Morgan fingerprint density at radius 1 is 0.581 bits per heavy atom. The van der Waals surface area contributed by atoms with Crippen LogP contribution in [0.1, 0.15) is 47.2 Å². The largest absolute Gasteiger partial charge is 0.361 e. The number of imidazole rings is 1. The van der Waals surface area contributed by atoms with E-state index in [1.54, 1.807) is 26.5 Å². The smallest absolute Gasteiger partial charge is 0.356 e. The Kier molecular flexibility index (Phi) is 13.4. The van der Waals surface area contributed by atoms with Crippen molar-refractivity contribution < 1.29 is 23.1 Å². The van der Waals surface area contributed by atoms with E-state index in [1.807, 2.05) is 114 Å². The van der Waals surface area contributed by atoms with E-state index in [0.717, 1.165) is 33.4 Å². The Morgan fingerprint density at radius 2 is 1.00 bits per heavy atom. The van der Waals surface area contributed by atoms with Crippen molar-refractivity contribution in [1.29, 1.82) is 0 Å². The average Bonchev–Trinajstić information content (AvgIpc) is 3.75. The average molecular weight is 844 g/mol. The first kappa shape index (κ1) is 42.4. The number of rotatable bonds is 20. The summed E-state index contributed by atoms with van der Waals surface area (Å²) in [5.41, 5.74) is 5.20. The van der Waals surface area contributed by atoms with Crippen molar-refractivity contribution in [3.8, 4) is 0 Å². The van der Waals surface area contributed by atoms with Gasteiger partial charge < -0.3 is 28.4 Å². The second-order valence-corrected chi connectivity index (χ2v) is 16.7. The number of benzene rings is 6. The molecule has 8 rings (SSSR count). The van der Waals surface area contributed by atoms with E-state index in [2.05, 4.69) is 78.1 Å². The van der Waals surface area contributed by atoms with Gasteiger partial charge in [-0.3, -0.25) is 4.57 Å². The van der Waals surface area contributed by atoms with E-state index in [-0.39, 0.29) is 32.7 Å². The van der Waals surface area contributed by atoms with Gasteiger partial charge in [0.15, 0.2) is 11.5 Å². The zero-order valence-corrected chi connectivity index (χ0v) is 35.8. The zero-order valence-electron chi connectivity index (χ0n) is 34.9. The first-order valence-corrected chi connectivity index (χ1v) is 22.6. The van der Waals surface area contributed by atoms with Gasteiger partial charge in [0.2, 0.25) is 0 Å². The molecule has 0 aliphatic rings.